The second kappa shape index (κ2) is 7.28. The Balaban J connectivity index is 1.84. The largest absolute Gasteiger partial charge is 0.454 e. The zero-order valence-electron chi connectivity index (χ0n) is 12.4. The molecule has 21 heavy (non-hydrogen) atoms. The Morgan fingerprint density at radius 1 is 1.38 bits per heavy atom. The minimum absolute atomic E-state index is 0.0604. The van der Waals surface area contributed by atoms with Crippen molar-refractivity contribution >= 4 is 5.91 Å². The van der Waals surface area contributed by atoms with Crippen LogP contribution in [0.4, 0.5) is 0 Å². The van der Waals surface area contributed by atoms with Crippen LogP contribution in [0, 0.1) is 0 Å². The number of carbonyl (C=O) groups excluding carboxylic acids is 1. The van der Waals surface area contributed by atoms with Gasteiger partial charge in [0.05, 0.1) is 12.1 Å². The second-order valence-corrected chi connectivity index (χ2v) is 5.05. The summed E-state index contributed by atoms with van der Waals surface area (Å²) < 4.78 is 10.5. The zero-order chi connectivity index (χ0) is 15.2. The monoisotopic (exact) mass is 294 g/mol. The van der Waals surface area contributed by atoms with Crippen LogP contribution < -0.4 is 20.1 Å². The number of aliphatic hydroxyl groups excluding tert-OH is 1. The van der Waals surface area contributed by atoms with Crippen LogP contribution in [0.15, 0.2) is 18.2 Å². The topological polar surface area (TPSA) is 79.8 Å². The molecule has 3 N–H and O–H groups in total. The van der Waals surface area contributed by atoms with Crippen molar-refractivity contribution in [2.24, 2.45) is 0 Å². The van der Waals surface area contributed by atoms with Crippen molar-refractivity contribution in [3.05, 3.63) is 23.8 Å². The molecule has 2 atom stereocenters. The molecule has 0 spiro atoms. The van der Waals surface area contributed by atoms with Crippen LogP contribution in [0.1, 0.15) is 31.9 Å². The molecule has 0 fully saturated rings. The standard InChI is InChI=1S/C15H22N2O4/c1-3-6-16-15(19)10(2)17-8-12(18)11-4-5-13-14(7-11)21-9-20-13/h4-5,7,10,12,17-18H,3,6,8-9H2,1-2H3,(H,16,19). The number of aliphatic hydroxyl groups is 1. The van der Waals surface area contributed by atoms with Crippen LogP contribution in [0.2, 0.25) is 0 Å². The second-order valence-electron chi connectivity index (χ2n) is 5.05. The molecular weight excluding hydrogens is 272 g/mol. The third-order valence-electron chi connectivity index (χ3n) is 3.34. The first-order valence-corrected chi connectivity index (χ1v) is 7.20. The Hall–Kier alpha value is -1.79. The van der Waals surface area contributed by atoms with Gasteiger partial charge < -0.3 is 25.2 Å². The molecule has 6 nitrogen and oxygen atoms in total. The molecule has 0 saturated carbocycles. The van der Waals surface area contributed by atoms with Gasteiger partial charge in [0, 0.05) is 13.1 Å². The van der Waals surface area contributed by atoms with Crippen LogP contribution in [-0.4, -0.2) is 36.9 Å². The first kappa shape index (κ1) is 15.6. The van der Waals surface area contributed by atoms with E-state index in [4.69, 9.17) is 9.47 Å². The smallest absolute Gasteiger partial charge is 0.236 e. The molecular formula is C15H22N2O4. The highest BCUT2D eigenvalue weighted by Crippen LogP contribution is 2.34. The van der Waals surface area contributed by atoms with E-state index < -0.39 is 6.10 Å². The molecule has 0 aromatic heterocycles. The zero-order valence-corrected chi connectivity index (χ0v) is 12.4. The summed E-state index contributed by atoms with van der Waals surface area (Å²) in [4.78, 5) is 11.7. The molecule has 0 aliphatic carbocycles. The Morgan fingerprint density at radius 2 is 2.14 bits per heavy atom. The SMILES string of the molecule is CCCNC(=O)C(C)NCC(O)c1ccc2c(c1)OCO2. The lowest BCUT2D eigenvalue weighted by Crippen LogP contribution is -2.43. The van der Waals surface area contributed by atoms with Gasteiger partial charge in [-0.2, -0.15) is 0 Å². The van der Waals surface area contributed by atoms with Crippen molar-refractivity contribution in [3.63, 3.8) is 0 Å². The molecule has 1 aliphatic rings. The van der Waals surface area contributed by atoms with Gasteiger partial charge in [0.25, 0.3) is 0 Å². The Morgan fingerprint density at radius 3 is 2.90 bits per heavy atom. The van der Waals surface area contributed by atoms with E-state index in [2.05, 4.69) is 10.6 Å². The first-order chi connectivity index (χ1) is 10.1. The normalized spacial score (nSPS) is 15.6. The van der Waals surface area contributed by atoms with E-state index in [-0.39, 0.29) is 18.7 Å². The van der Waals surface area contributed by atoms with E-state index in [0.717, 1.165) is 12.0 Å². The van der Waals surface area contributed by atoms with Crippen molar-refractivity contribution in [1.82, 2.24) is 10.6 Å². The summed E-state index contributed by atoms with van der Waals surface area (Å²) in [6.07, 6.45) is 0.194. The van der Waals surface area contributed by atoms with Gasteiger partial charge in [0.1, 0.15) is 0 Å². The third kappa shape index (κ3) is 4.09. The van der Waals surface area contributed by atoms with Crippen molar-refractivity contribution in [1.29, 1.82) is 0 Å². The maximum Gasteiger partial charge on any atom is 0.236 e. The van der Waals surface area contributed by atoms with E-state index in [1.54, 1.807) is 25.1 Å². The number of hydrogen-bond acceptors (Lipinski definition) is 5. The summed E-state index contributed by atoms with van der Waals surface area (Å²) in [5.41, 5.74) is 0.730. The minimum atomic E-state index is -0.707. The van der Waals surface area contributed by atoms with Crippen LogP contribution in [0.3, 0.4) is 0 Å². The van der Waals surface area contributed by atoms with Crippen molar-refractivity contribution in [2.45, 2.75) is 32.4 Å². The summed E-state index contributed by atoms with van der Waals surface area (Å²) in [7, 11) is 0. The molecule has 2 unspecified atom stereocenters. The molecule has 1 heterocycles. The summed E-state index contributed by atoms with van der Waals surface area (Å²) in [5.74, 6) is 1.27. The minimum Gasteiger partial charge on any atom is -0.454 e. The van der Waals surface area contributed by atoms with E-state index in [9.17, 15) is 9.90 Å². The molecule has 0 radical (unpaired) electrons. The fraction of sp³-hybridized carbons (Fsp3) is 0.533. The number of ether oxygens (including phenoxy) is 2. The summed E-state index contributed by atoms with van der Waals surface area (Å²) in [6.45, 7) is 4.94. The van der Waals surface area contributed by atoms with E-state index >= 15 is 0 Å². The van der Waals surface area contributed by atoms with E-state index in [1.807, 2.05) is 6.92 Å². The van der Waals surface area contributed by atoms with Crippen molar-refractivity contribution in [2.75, 3.05) is 19.9 Å². The molecule has 116 valence electrons. The highest BCUT2D eigenvalue weighted by molar-refractivity contribution is 5.81. The van der Waals surface area contributed by atoms with Gasteiger partial charge in [-0.15, -0.1) is 0 Å². The maximum absolute atomic E-state index is 11.7. The van der Waals surface area contributed by atoms with Crippen LogP contribution >= 0.6 is 0 Å². The van der Waals surface area contributed by atoms with Gasteiger partial charge in [0.15, 0.2) is 11.5 Å². The van der Waals surface area contributed by atoms with Gasteiger partial charge in [-0.25, -0.2) is 0 Å². The number of fused-ring (bicyclic) bond motifs is 1. The van der Waals surface area contributed by atoms with E-state index in [0.29, 0.717) is 24.6 Å². The Bertz CT molecular complexity index is 493. The molecule has 0 bridgehead atoms. The maximum atomic E-state index is 11.7. The number of hydrogen-bond donors (Lipinski definition) is 3. The molecule has 0 saturated heterocycles. The quantitative estimate of drug-likeness (QED) is 0.698. The number of benzene rings is 1. The third-order valence-corrected chi connectivity index (χ3v) is 3.34. The highest BCUT2D eigenvalue weighted by atomic mass is 16.7. The lowest BCUT2D eigenvalue weighted by atomic mass is 10.1. The number of carbonyl (C=O) groups is 1. The van der Waals surface area contributed by atoms with E-state index in [1.165, 1.54) is 0 Å². The van der Waals surface area contributed by atoms with Gasteiger partial charge in [0.2, 0.25) is 12.7 Å². The predicted octanol–water partition coefficient (Wildman–Crippen LogP) is 0.953. The van der Waals surface area contributed by atoms with Crippen LogP contribution in [0.5, 0.6) is 11.5 Å². The lowest BCUT2D eigenvalue weighted by molar-refractivity contribution is -0.122. The molecule has 1 amide bonds. The number of rotatable bonds is 7. The van der Waals surface area contributed by atoms with Gasteiger partial charge >= 0.3 is 0 Å². The number of nitrogens with one attached hydrogen (secondary N) is 2. The molecule has 6 heteroatoms. The van der Waals surface area contributed by atoms with Crippen molar-refractivity contribution < 1.29 is 19.4 Å². The van der Waals surface area contributed by atoms with Crippen molar-refractivity contribution in [3.8, 4) is 11.5 Å². The van der Waals surface area contributed by atoms with Crippen LogP contribution in [-0.2, 0) is 4.79 Å². The Labute approximate surface area is 124 Å². The average molecular weight is 294 g/mol. The van der Waals surface area contributed by atoms with Gasteiger partial charge in [-0.3, -0.25) is 4.79 Å². The average Bonchev–Trinajstić information content (AvgIpc) is 2.97. The summed E-state index contributed by atoms with van der Waals surface area (Å²) >= 11 is 0. The van der Waals surface area contributed by atoms with Crippen LogP contribution in [0.25, 0.3) is 0 Å². The fourth-order valence-corrected chi connectivity index (χ4v) is 2.02. The fourth-order valence-electron chi connectivity index (χ4n) is 2.02. The Kier molecular flexibility index (Phi) is 5.41. The summed E-state index contributed by atoms with van der Waals surface area (Å²) in [6, 6.07) is 4.98. The first-order valence-electron chi connectivity index (χ1n) is 7.20. The van der Waals surface area contributed by atoms with Gasteiger partial charge in [-0.1, -0.05) is 13.0 Å². The summed E-state index contributed by atoms with van der Waals surface area (Å²) in [5, 5.41) is 16.0. The predicted molar refractivity (Wildman–Crippen MR) is 78.3 cm³/mol. The molecule has 1 aromatic carbocycles. The lowest BCUT2D eigenvalue weighted by Gasteiger charge is -2.17. The van der Waals surface area contributed by atoms with Gasteiger partial charge in [-0.05, 0) is 31.0 Å². The molecule has 2 rings (SSSR count). The highest BCUT2D eigenvalue weighted by Gasteiger charge is 2.18. The molecule has 1 aromatic rings. The number of amides is 1. The molecule has 1 aliphatic heterocycles.